The number of methoxy groups -OCH3 is 5. The number of ether oxygens (including phenoxy) is 5. The molecule has 14 nitrogen and oxygen atoms in total. The van der Waals surface area contributed by atoms with Crippen LogP contribution in [0.15, 0.2) is 0 Å². The molecular weight excluding hydrogens is 556 g/mol. The Labute approximate surface area is 255 Å². The van der Waals surface area contributed by atoms with Gasteiger partial charge in [-0.2, -0.15) is 9.97 Å². The summed E-state index contributed by atoms with van der Waals surface area (Å²) < 4.78 is 27.3. The lowest BCUT2D eigenvalue weighted by molar-refractivity contribution is 0.0818. The van der Waals surface area contributed by atoms with Gasteiger partial charge >= 0.3 is 0 Å². The van der Waals surface area contributed by atoms with Gasteiger partial charge in [-0.3, -0.25) is 0 Å². The highest BCUT2D eigenvalue weighted by Gasteiger charge is 2.29. The highest BCUT2D eigenvalue weighted by molar-refractivity contribution is 5.95. The minimum Gasteiger partial charge on any atom is -0.393 e. The zero-order valence-corrected chi connectivity index (χ0v) is 26.5. The van der Waals surface area contributed by atoms with Crippen LogP contribution in [0.3, 0.4) is 0 Å². The van der Waals surface area contributed by atoms with Crippen molar-refractivity contribution >= 4 is 34.6 Å². The van der Waals surface area contributed by atoms with Crippen LogP contribution in [0, 0.1) is 0 Å². The van der Waals surface area contributed by atoms with Crippen molar-refractivity contribution in [2.45, 2.75) is 37.9 Å². The van der Waals surface area contributed by atoms with E-state index < -0.39 is 0 Å². The Kier molecular flexibility index (Phi) is 13.2. The predicted octanol–water partition coefficient (Wildman–Crippen LogP) is 1.19. The third-order valence-electron chi connectivity index (χ3n) is 8.15. The molecule has 4 heterocycles. The van der Waals surface area contributed by atoms with Crippen molar-refractivity contribution in [1.82, 2.24) is 19.9 Å². The third kappa shape index (κ3) is 8.73. The van der Waals surface area contributed by atoms with Crippen molar-refractivity contribution in [3.8, 4) is 0 Å². The van der Waals surface area contributed by atoms with Gasteiger partial charge in [0.05, 0.1) is 38.6 Å². The number of nitrogens with zero attached hydrogens (tertiary/aromatic N) is 8. The number of aliphatic hydroxyl groups excluding tert-OH is 1. The Hall–Kier alpha value is -2.62. The van der Waals surface area contributed by atoms with Gasteiger partial charge in [-0.1, -0.05) is 0 Å². The largest absolute Gasteiger partial charge is 0.393 e. The molecule has 43 heavy (non-hydrogen) atoms. The van der Waals surface area contributed by atoms with Gasteiger partial charge in [-0.25, -0.2) is 9.97 Å². The van der Waals surface area contributed by atoms with E-state index >= 15 is 0 Å². The van der Waals surface area contributed by atoms with Crippen molar-refractivity contribution in [3.05, 3.63) is 0 Å². The number of piperidine rings is 2. The van der Waals surface area contributed by atoms with Crippen molar-refractivity contribution in [1.29, 1.82) is 0 Å². The maximum atomic E-state index is 10.3. The van der Waals surface area contributed by atoms with E-state index in [0.29, 0.717) is 101 Å². The maximum absolute atomic E-state index is 10.3. The standard InChI is InChI=1S/C29H50N8O6/c1-39-18-14-36(15-19-40-2)28-31-25-24(26(32-28)34-10-6-22(38)7-11-34)30-29(37(16-20-41-3)17-21-42-4)33-27(25)35-12-8-23(43-5)9-13-35/h22-23,38H,6-21H2,1-5H3. The molecule has 2 aliphatic rings. The maximum Gasteiger partial charge on any atom is 0.228 e. The van der Waals surface area contributed by atoms with Crippen molar-refractivity contribution < 1.29 is 28.8 Å². The van der Waals surface area contributed by atoms with Crippen LogP contribution in [0.4, 0.5) is 23.5 Å². The van der Waals surface area contributed by atoms with Crippen molar-refractivity contribution in [2.24, 2.45) is 0 Å². The Balaban J connectivity index is 1.90. The second-order valence-corrected chi connectivity index (χ2v) is 11.0. The van der Waals surface area contributed by atoms with Crippen molar-refractivity contribution in [3.63, 3.8) is 0 Å². The molecule has 0 aromatic carbocycles. The first-order valence-corrected chi connectivity index (χ1v) is 15.3. The monoisotopic (exact) mass is 606 g/mol. The summed E-state index contributed by atoms with van der Waals surface area (Å²) in [5.74, 6) is 2.72. The molecule has 0 spiro atoms. The van der Waals surface area contributed by atoms with E-state index in [0.717, 1.165) is 37.6 Å². The summed E-state index contributed by atoms with van der Waals surface area (Å²) in [5, 5.41) is 10.3. The normalized spacial score (nSPS) is 16.8. The Morgan fingerprint density at radius 1 is 0.605 bits per heavy atom. The SMILES string of the molecule is COCCN(CCOC)c1nc(N2CCC(OC)CC2)c2nc(N(CCOC)CCOC)nc(N3CCC(O)CC3)c2n1. The minimum absolute atomic E-state index is 0.225. The first-order valence-electron chi connectivity index (χ1n) is 15.3. The molecule has 0 saturated carbocycles. The molecular formula is C29H50N8O6. The smallest absolute Gasteiger partial charge is 0.228 e. The lowest BCUT2D eigenvalue weighted by Crippen LogP contribution is -2.39. The summed E-state index contributed by atoms with van der Waals surface area (Å²) in [6.45, 7) is 7.49. The fraction of sp³-hybridized carbons (Fsp3) is 0.793. The van der Waals surface area contributed by atoms with Crippen LogP contribution in [0.25, 0.3) is 11.0 Å². The number of hydrogen-bond donors (Lipinski definition) is 1. The quantitative estimate of drug-likeness (QED) is 0.277. The van der Waals surface area contributed by atoms with E-state index in [1.165, 1.54) is 0 Å². The molecule has 242 valence electrons. The molecule has 14 heteroatoms. The summed E-state index contributed by atoms with van der Waals surface area (Å²) >= 11 is 0. The summed E-state index contributed by atoms with van der Waals surface area (Å²) in [4.78, 5) is 29.3. The molecule has 2 aliphatic heterocycles. The molecule has 2 fully saturated rings. The number of hydrogen-bond acceptors (Lipinski definition) is 14. The van der Waals surface area contributed by atoms with E-state index in [9.17, 15) is 5.11 Å². The summed E-state index contributed by atoms with van der Waals surface area (Å²) in [5.41, 5.74) is 1.41. The summed E-state index contributed by atoms with van der Waals surface area (Å²) in [6, 6.07) is 0. The fourth-order valence-electron chi connectivity index (χ4n) is 5.50. The minimum atomic E-state index is -0.315. The lowest BCUT2D eigenvalue weighted by atomic mass is 10.1. The van der Waals surface area contributed by atoms with E-state index in [2.05, 4.69) is 19.6 Å². The molecule has 0 amide bonds. The van der Waals surface area contributed by atoms with Gasteiger partial charge < -0.3 is 48.4 Å². The Bertz CT molecular complexity index is 1100. The highest BCUT2D eigenvalue weighted by atomic mass is 16.5. The number of aromatic nitrogens is 4. The van der Waals surface area contributed by atoms with E-state index in [4.69, 9.17) is 43.6 Å². The van der Waals surface area contributed by atoms with Crippen LogP contribution in [0.1, 0.15) is 25.7 Å². The first kappa shape index (κ1) is 33.3. The van der Waals surface area contributed by atoms with E-state index in [-0.39, 0.29) is 12.2 Å². The molecule has 1 N–H and O–H groups in total. The molecule has 2 aromatic heterocycles. The van der Waals surface area contributed by atoms with Crippen LogP contribution in [0.5, 0.6) is 0 Å². The first-order chi connectivity index (χ1) is 21.0. The molecule has 0 unspecified atom stereocenters. The predicted molar refractivity (Wildman–Crippen MR) is 167 cm³/mol. The number of fused-ring (bicyclic) bond motifs is 1. The molecule has 2 aromatic rings. The summed E-state index contributed by atoms with van der Waals surface area (Å²) in [7, 11) is 8.54. The van der Waals surface area contributed by atoms with Gasteiger partial charge in [0.25, 0.3) is 0 Å². The van der Waals surface area contributed by atoms with Gasteiger partial charge in [0.1, 0.15) is 11.0 Å². The zero-order chi connectivity index (χ0) is 30.6. The van der Waals surface area contributed by atoms with Crippen LogP contribution in [-0.4, -0.2) is 152 Å². The van der Waals surface area contributed by atoms with Crippen molar-refractivity contribution in [2.75, 3.05) is 134 Å². The molecule has 0 atom stereocenters. The molecule has 0 aliphatic carbocycles. The van der Waals surface area contributed by atoms with Gasteiger partial charge in [-0.15, -0.1) is 0 Å². The fourth-order valence-corrected chi connectivity index (χ4v) is 5.50. The van der Waals surface area contributed by atoms with Gasteiger partial charge in [0.15, 0.2) is 11.6 Å². The van der Waals surface area contributed by atoms with Crippen LogP contribution >= 0.6 is 0 Å². The number of rotatable bonds is 17. The summed E-state index contributed by atoms with van der Waals surface area (Å²) in [6.07, 6.45) is 3.05. The average molecular weight is 607 g/mol. The molecule has 0 radical (unpaired) electrons. The van der Waals surface area contributed by atoms with Gasteiger partial charge in [0.2, 0.25) is 11.9 Å². The zero-order valence-electron chi connectivity index (χ0n) is 26.5. The lowest BCUT2D eigenvalue weighted by Gasteiger charge is -2.35. The second-order valence-electron chi connectivity index (χ2n) is 11.0. The number of anilines is 4. The topological polar surface area (TPSA) is 131 Å². The average Bonchev–Trinajstić information content (AvgIpc) is 3.04. The Morgan fingerprint density at radius 2 is 0.977 bits per heavy atom. The van der Waals surface area contributed by atoms with Crippen LogP contribution in [0.2, 0.25) is 0 Å². The van der Waals surface area contributed by atoms with Crippen LogP contribution in [-0.2, 0) is 23.7 Å². The molecule has 4 rings (SSSR count). The van der Waals surface area contributed by atoms with E-state index in [1.54, 1.807) is 35.5 Å². The highest BCUT2D eigenvalue weighted by Crippen LogP contribution is 2.35. The third-order valence-corrected chi connectivity index (χ3v) is 8.15. The van der Waals surface area contributed by atoms with E-state index in [1.807, 2.05) is 0 Å². The molecule has 0 bridgehead atoms. The number of aliphatic hydroxyl groups is 1. The van der Waals surface area contributed by atoms with Crippen LogP contribution < -0.4 is 19.6 Å². The Morgan fingerprint density at radius 3 is 1.33 bits per heavy atom. The van der Waals surface area contributed by atoms with Gasteiger partial charge in [-0.05, 0) is 25.7 Å². The van der Waals surface area contributed by atoms with Gasteiger partial charge in [0, 0.05) is 87.9 Å². The molecule has 2 saturated heterocycles. The second kappa shape index (κ2) is 17.0.